The molecule has 2 aliphatic rings. The van der Waals surface area contributed by atoms with Crippen LogP contribution < -0.4 is 0 Å². The number of piperidine rings is 1. The number of carbonyl (C=O) groups excluding carboxylic acids is 1. The van der Waals surface area contributed by atoms with Crippen LogP contribution in [0, 0.1) is 5.41 Å². The molecule has 2 rings (SSSR count). The highest BCUT2D eigenvalue weighted by atomic mass is 16.6. The molecule has 19 heavy (non-hydrogen) atoms. The number of ether oxygens (including phenoxy) is 1. The number of carbonyl (C=O) groups is 2. The first kappa shape index (κ1) is 14.2. The molecule has 1 amide bonds. The summed E-state index contributed by atoms with van der Waals surface area (Å²) in [4.78, 5) is 25.3. The fraction of sp³-hybridized carbons (Fsp3) is 0.857. The van der Waals surface area contributed by atoms with Crippen LogP contribution in [0.25, 0.3) is 0 Å². The monoisotopic (exact) mass is 269 g/mol. The molecule has 1 aliphatic heterocycles. The number of rotatable bonds is 1. The van der Waals surface area contributed by atoms with Gasteiger partial charge in [0.25, 0.3) is 0 Å². The second kappa shape index (κ2) is 4.12. The number of aliphatic carboxylic acids is 1. The van der Waals surface area contributed by atoms with Gasteiger partial charge in [-0.15, -0.1) is 0 Å². The van der Waals surface area contributed by atoms with E-state index in [0.717, 1.165) is 12.8 Å². The lowest BCUT2D eigenvalue weighted by Crippen LogP contribution is -2.54. The second-order valence-electron chi connectivity index (χ2n) is 7.15. The Labute approximate surface area is 113 Å². The Morgan fingerprint density at radius 1 is 1.21 bits per heavy atom. The van der Waals surface area contributed by atoms with Crippen molar-refractivity contribution in [2.75, 3.05) is 6.54 Å². The van der Waals surface area contributed by atoms with E-state index in [-0.39, 0.29) is 11.6 Å². The van der Waals surface area contributed by atoms with Gasteiger partial charge in [-0.1, -0.05) is 0 Å². The van der Waals surface area contributed by atoms with Crippen molar-refractivity contribution in [1.82, 2.24) is 4.90 Å². The number of carboxylic acid groups (broad SMARTS) is 1. The first-order chi connectivity index (χ1) is 8.58. The fourth-order valence-electron chi connectivity index (χ4n) is 2.88. The minimum absolute atomic E-state index is 0.270. The molecule has 1 unspecified atom stereocenters. The lowest BCUT2D eigenvalue weighted by Gasteiger charge is -2.43. The molecule has 1 N–H and O–H groups in total. The van der Waals surface area contributed by atoms with Crippen molar-refractivity contribution >= 4 is 12.1 Å². The number of amides is 1. The lowest BCUT2D eigenvalue weighted by atomic mass is 9.76. The van der Waals surface area contributed by atoms with Crippen LogP contribution in [0.4, 0.5) is 4.79 Å². The van der Waals surface area contributed by atoms with Crippen LogP contribution in [0.1, 0.15) is 53.4 Å². The Morgan fingerprint density at radius 3 is 2.21 bits per heavy atom. The quantitative estimate of drug-likeness (QED) is 0.794. The van der Waals surface area contributed by atoms with Crippen LogP contribution >= 0.6 is 0 Å². The standard InChI is InChI=1S/C14H23NO4/c1-12(2,3)19-11(18)15-8-7-13(4,10(16)17)9-14(15)5-6-14/h5-9H2,1-4H3,(H,16,17). The number of carboxylic acids is 1. The summed E-state index contributed by atoms with van der Waals surface area (Å²) in [6.07, 6.45) is 2.49. The van der Waals surface area contributed by atoms with Gasteiger partial charge in [0.15, 0.2) is 0 Å². The maximum absolute atomic E-state index is 12.2. The van der Waals surface area contributed by atoms with Crippen LogP contribution in [-0.4, -0.2) is 39.8 Å². The van der Waals surface area contributed by atoms with Crippen LogP contribution in [-0.2, 0) is 9.53 Å². The largest absolute Gasteiger partial charge is 0.481 e. The van der Waals surface area contributed by atoms with Gasteiger partial charge in [0, 0.05) is 12.1 Å². The third kappa shape index (κ3) is 2.69. The predicted octanol–water partition coefficient (Wildman–Crippen LogP) is 2.64. The van der Waals surface area contributed by atoms with Gasteiger partial charge < -0.3 is 14.7 Å². The molecule has 0 radical (unpaired) electrons. The van der Waals surface area contributed by atoms with E-state index < -0.39 is 17.0 Å². The summed E-state index contributed by atoms with van der Waals surface area (Å²) in [6, 6.07) is 0. The molecule has 0 aromatic rings. The third-order valence-corrected chi connectivity index (χ3v) is 4.14. The summed E-state index contributed by atoms with van der Waals surface area (Å²) in [7, 11) is 0. The van der Waals surface area contributed by atoms with Crippen molar-refractivity contribution in [3.05, 3.63) is 0 Å². The topological polar surface area (TPSA) is 66.8 Å². The number of likely N-dealkylation sites (tertiary alicyclic amines) is 1. The molecule has 5 heteroatoms. The van der Waals surface area contributed by atoms with Gasteiger partial charge in [-0.3, -0.25) is 4.79 Å². The summed E-state index contributed by atoms with van der Waals surface area (Å²) in [5.41, 5.74) is -1.50. The lowest BCUT2D eigenvalue weighted by molar-refractivity contribution is -0.152. The Bertz CT molecular complexity index is 408. The molecule has 1 spiro atoms. The van der Waals surface area contributed by atoms with E-state index in [1.165, 1.54) is 0 Å². The maximum Gasteiger partial charge on any atom is 0.410 e. The van der Waals surface area contributed by atoms with E-state index in [2.05, 4.69) is 0 Å². The van der Waals surface area contributed by atoms with Crippen molar-refractivity contribution in [2.45, 2.75) is 64.5 Å². The number of hydrogen-bond donors (Lipinski definition) is 1. The summed E-state index contributed by atoms with van der Waals surface area (Å²) in [5.74, 6) is -0.761. The van der Waals surface area contributed by atoms with Gasteiger partial charge in [0.1, 0.15) is 5.60 Å². The molecule has 2 fully saturated rings. The number of nitrogens with zero attached hydrogens (tertiary/aromatic N) is 1. The minimum Gasteiger partial charge on any atom is -0.481 e. The summed E-state index contributed by atoms with van der Waals surface area (Å²) in [6.45, 7) is 7.78. The fourth-order valence-corrected chi connectivity index (χ4v) is 2.88. The Morgan fingerprint density at radius 2 is 1.79 bits per heavy atom. The molecule has 1 aliphatic carbocycles. The summed E-state index contributed by atoms with van der Waals surface area (Å²) >= 11 is 0. The molecule has 108 valence electrons. The summed E-state index contributed by atoms with van der Waals surface area (Å²) < 4.78 is 5.42. The van der Waals surface area contributed by atoms with Crippen LogP contribution in [0.3, 0.4) is 0 Å². The summed E-state index contributed by atoms with van der Waals surface area (Å²) in [5, 5.41) is 9.33. The van der Waals surface area contributed by atoms with Gasteiger partial charge in [0.05, 0.1) is 5.41 Å². The maximum atomic E-state index is 12.2. The molecule has 5 nitrogen and oxygen atoms in total. The molecule has 0 aromatic carbocycles. The van der Waals surface area contributed by atoms with Crippen molar-refractivity contribution in [3.8, 4) is 0 Å². The first-order valence-electron chi connectivity index (χ1n) is 6.82. The zero-order chi connectivity index (χ0) is 14.5. The zero-order valence-corrected chi connectivity index (χ0v) is 12.2. The third-order valence-electron chi connectivity index (χ3n) is 4.14. The molecule has 0 aromatic heterocycles. The van der Waals surface area contributed by atoms with E-state index in [1.807, 2.05) is 20.8 Å². The normalized spacial score (nSPS) is 29.2. The molecule has 0 bridgehead atoms. The molecular formula is C14H23NO4. The smallest absolute Gasteiger partial charge is 0.410 e. The van der Waals surface area contributed by atoms with Gasteiger partial charge in [-0.2, -0.15) is 0 Å². The average molecular weight is 269 g/mol. The van der Waals surface area contributed by atoms with E-state index in [1.54, 1.807) is 11.8 Å². The van der Waals surface area contributed by atoms with Crippen molar-refractivity contribution in [3.63, 3.8) is 0 Å². The van der Waals surface area contributed by atoms with E-state index in [9.17, 15) is 14.7 Å². The van der Waals surface area contributed by atoms with Crippen molar-refractivity contribution in [2.24, 2.45) is 5.41 Å². The van der Waals surface area contributed by atoms with Gasteiger partial charge in [0.2, 0.25) is 0 Å². The van der Waals surface area contributed by atoms with Crippen LogP contribution in [0.2, 0.25) is 0 Å². The highest BCUT2D eigenvalue weighted by Gasteiger charge is 2.59. The Kier molecular flexibility index (Phi) is 3.07. The SMILES string of the molecule is CC(C)(C)OC(=O)N1CCC(C)(C(=O)O)CC12CC2. The zero-order valence-electron chi connectivity index (χ0n) is 12.2. The Balaban J connectivity index is 2.10. The minimum atomic E-state index is -0.761. The number of hydrogen-bond acceptors (Lipinski definition) is 3. The van der Waals surface area contributed by atoms with Crippen LogP contribution in [0.15, 0.2) is 0 Å². The molecule has 1 heterocycles. The van der Waals surface area contributed by atoms with E-state index >= 15 is 0 Å². The highest BCUT2D eigenvalue weighted by Crippen LogP contribution is 2.54. The van der Waals surface area contributed by atoms with E-state index in [0.29, 0.717) is 19.4 Å². The average Bonchev–Trinajstić information content (AvgIpc) is 2.94. The van der Waals surface area contributed by atoms with Crippen molar-refractivity contribution < 1.29 is 19.4 Å². The predicted molar refractivity (Wildman–Crippen MR) is 69.9 cm³/mol. The van der Waals surface area contributed by atoms with Gasteiger partial charge in [-0.25, -0.2) is 4.79 Å². The highest BCUT2D eigenvalue weighted by molar-refractivity contribution is 5.76. The first-order valence-corrected chi connectivity index (χ1v) is 6.82. The Hall–Kier alpha value is -1.26. The van der Waals surface area contributed by atoms with Gasteiger partial charge >= 0.3 is 12.1 Å². The molecule has 1 atom stereocenters. The van der Waals surface area contributed by atoms with Gasteiger partial charge in [-0.05, 0) is 53.4 Å². The van der Waals surface area contributed by atoms with E-state index in [4.69, 9.17) is 4.74 Å². The second-order valence-corrected chi connectivity index (χ2v) is 7.15. The molecule has 1 saturated heterocycles. The molecule has 1 saturated carbocycles. The van der Waals surface area contributed by atoms with Crippen molar-refractivity contribution in [1.29, 1.82) is 0 Å². The molecular weight excluding hydrogens is 246 g/mol. The van der Waals surface area contributed by atoms with Crippen LogP contribution in [0.5, 0.6) is 0 Å².